The molecule has 0 radical (unpaired) electrons. The van der Waals surface area contributed by atoms with Gasteiger partial charge in [-0.1, -0.05) is 63.8 Å². The molecule has 0 bridgehead atoms. The molecule has 1 fully saturated rings. The summed E-state index contributed by atoms with van der Waals surface area (Å²) in [5.41, 5.74) is 9.41. The quantitative estimate of drug-likeness (QED) is 0.782. The Morgan fingerprint density at radius 2 is 1.58 bits per heavy atom. The predicted molar refractivity (Wildman–Crippen MR) is 83.4 cm³/mol. The topological polar surface area (TPSA) is 26.0 Å². The fourth-order valence-electron chi connectivity index (χ4n) is 3.39. The minimum atomic E-state index is 0.371. The Bertz CT molecular complexity index is 369. The molecule has 19 heavy (non-hydrogen) atoms. The summed E-state index contributed by atoms with van der Waals surface area (Å²) in [5, 5.41) is 0. The Hall–Kier alpha value is -0.820. The molecule has 0 heterocycles. The van der Waals surface area contributed by atoms with Crippen LogP contribution in [0.4, 0.5) is 0 Å². The van der Waals surface area contributed by atoms with Crippen LogP contribution in [0.1, 0.15) is 69.4 Å². The van der Waals surface area contributed by atoms with Crippen molar-refractivity contribution in [2.24, 2.45) is 11.1 Å². The Morgan fingerprint density at radius 3 is 2.05 bits per heavy atom. The van der Waals surface area contributed by atoms with E-state index in [1.165, 1.54) is 56.1 Å². The highest BCUT2D eigenvalue weighted by atomic mass is 14.6. The van der Waals surface area contributed by atoms with Gasteiger partial charge < -0.3 is 5.73 Å². The summed E-state index contributed by atoms with van der Waals surface area (Å²) in [6, 6.07) is 9.22. The van der Waals surface area contributed by atoms with Crippen molar-refractivity contribution in [3.8, 4) is 0 Å². The molecule has 0 spiro atoms. The average Bonchev–Trinajstić information content (AvgIpc) is 2.65. The molecular weight excluding hydrogens is 230 g/mol. The lowest BCUT2D eigenvalue weighted by atomic mass is 9.75. The molecule has 1 aliphatic rings. The average molecular weight is 259 g/mol. The van der Waals surface area contributed by atoms with Gasteiger partial charge in [-0.25, -0.2) is 0 Å². The van der Waals surface area contributed by atoms with Crippen LogP contribution in [0, 0.1) is 5.41 Å². The van der Waals surface area contributed by atoms with Crippen molar-refractivity contribution in [1.29, 1.82) is 0 Å². The largest absolute Gasteiger partial charge is 0.330 e. The molecule has 0 amide bonds. The summed E-state index contributed by atoms with van der Waals surface area (Å²) in [6.07, 6.45) is 9.32. The van der Waals surface area contributed by atoms with E-state index in [1.807, 2.05) is 0 Å². The zero-order valence-corrected chi connectivity index (χ0v) is 12.6. The molecule has 2 rings (SSSR count). The Balaban J connectivity index is 2.08. The summed E-state index contributed by atoms with van der Waals surface area (Å²) in [7, 11) is 0. The van der Waals surface area contributed by atoms with Gasteiger partial charge in [0.05, 0.1) is 0 Å². The first-order valence-corrected chi connectivity index (χ1v) is 7.94. The van der Waals surface area contributed by atoms with Crippen LogP contribution in [-0.4, -0.2) is 6.54 Å². The number of nitrogens with two attached hydrogens (primary N) is 1. The minimum Gasteiger partial charge on any atom is -0.330 e. The second-order valence-corrected chi connectivity index (χ2v) is 6.69. The standard InChI is InChI=1S/C18H29N/c1-15(2)17-9-7-16(8-10-17)13-18(14-19)11-5-3-4-6-12-18/h7-10,15H,3-6,11-14,19H2,1-2H3. The van der Waals surface area contributed by atoms with Gasteiger partial charge in [0.1, 0.15) is 0 Å². The van der Waals surface area contributed by atoms with Crippen molar-refractivity contribution >= 4 is 0 Å². The zero-order valence-electron chi connectivity index (χ0n) is 12.6. The van der Waals surface area contributed by atoms with Crippen molar-refractivity contribution in [2.45, 2.75) is 64.7 Å². The van der Waals surface area contributed by atoms with Crippen molar-refractivity contribution < 1.29 is 0 Å². The zero-order chi connectivity index (χ0) is 13.7. The van der Waals surface area contributed by atoms with Crippen LogP contribution in [0.25, 0.3) is 0 Å². The molecule has 1 aliphatic carbocycles. The Morgan fingerprint density at radius 1 is 1.00 bits per heavy atom. The van der Waals surface area contributed by atoms with Gasteiger partial charge in [-0.15, -0.1) is 0 Å². The van der Waals surface area contributed by atoms with E-state index in [-0.39, 0.29) is 0 Å². The smallest absolute Gasteiger partial charge is 0.00173 e. The molecule has 1 heteroatoms. The highest BCUT2D eigenvalue weighted by Gasteiger charge is 2.29. The molecule has 0 aromatic heterocycles. The molecule has 1 aromatic carbocycles. The van der Waals surface area contributed by atoms with Gasteiger partial charge in [0.15, 0.2) is 0 Å². The molecule has 1 saturated carbocycles. The van der Waals surface area contributed by atoms with E-state index in [0.717, 1.165) is 6.54 Å². The first kappa shape index (κ1) is 14.6. The molecule has 1 nitrogen and oxygen atoms in total. The highest BCUT2D eigenvalue weighted by Crippen LogP contribution is 2.37. The van der Waals surface area contributed by atoms with E-state index in [2.05, 4.69) is 38.1 Å². The van der Waals surface area contributed by atoms with E-state index in [4.69, 9.17) is 5.73 Å². The Kier molecular flexibility index (Phi) is 5.04. The van der Waals surface area contributed by atoms with Crippen LogP contribution in [0.5, 0.6) is 0 Å². The SMILES string of the molecule is CC(C)c1ccc(CC2(CN)CCCCCC2)cc1. The lowest BCUT2D eigenvalue weighted by molar-refractivity contribution is 0.252. The van der Waals surface area contributed by atoms with Gasteiger partial charge in [-0.05, 0) is 48.3 Å². The maximum atomic E-state index is 6.13. The fourth-order valence-corrected chi connectivity index (χ4v) is 3.39. The van der Waals surface area contributed by atoms with Gasteiger partial charge in [0, 0.05) is 0 Å². The molecule has 0 unspecified atom stereocenters. The van der Waals surface area contributed by atoms with Crippen LogP contribution < -0.4 is 5.73 Å². The molecule has 0 atom stereocenters. The van der Waals surface area contributed by atoms with Crippen LogP contribution in [0.3, 0.4) is 0 Å². The third-order valence-electron chi connectivity index (χ3n) is 4.82. The first-order valence-electron chi connectivity index (χ1n) is 7.94. The van der Waals surface area contributed by atoms with Gasteiger partial charge in [-0.2, -0.15) is 0 Å². The van der Waals surface area contributed by atoms with Crippen LogP contribution in [0.15, 0.2) is 24.3 Å². The second kappa shape index (κ2) is 6.56. The van der Waals surface area contributed by atoms with E-state index < -0.39 is 0 Å². The molecule has 0 saturated heterocycles. The molecule has 106 valence electrons. The number of hydrogen-bond donors (Lipinski definition) is 1. The second-order valence-electron chi connectivity index (χ2n) is 6.69. The summed E-state index contributed by atoms with van der Waals surface area (Å²) < 4.78 is 0. The molecule has 1 aromatic rings. The van der Waals surface area contributed by atoms with Crippen LogP contribution in [0.2, 0.25) is 0 Å². The van der Waals surface area contributed by atoms with E-state index in [1.54, 1.807) is 0 Å². The van der Waals surface area contributed by atoms with Gasteiger partial charge in [0.25, 0.3) is 0 Å². The first-order chi connectivity index (χ1) is 9.15. The van der Waals surface area contributed by atoms with E-state index in [9.17, 15) is 0 Å². The molecule has 2 N–H and O–H groups in total. The third-order valence-corrected chi connectivity index (χ3v) is 4.82. The molecular formula is C18H29N. The number of rotatable bonds is 4. The summed E-state index contributed by atoms with van der Waals surface area (Å²) in [4.78, 5) is 0. The van der Waals surface area contributed by atoms with E-state index >= 15 is 0 Å². The van der Waals surface area contributed by atoms with Crippen molar-refractivity contribution in [3.05, 3.63) is 35.4 Å². The summed E-state index contributed by atoms with van der Waals surface area (Å²) in [6.45, 7) is 5.35. The van der Waals surface area contributed by atoms with Crippen LogP contribution >= 0.6 is 0 Å². The fraction of sp³-hybridized carbons (Fsp3) is 0.667. The predicted octanol–water partition coefficient (Wildman–Crippen LogP) is 4.65. The van der Waals surface area contributed by atoms with Crippen molar-refractivity contribution in [2.75, 3.05) is 6.54 Å². The summed E-state index contributed by atoms with van der Waals surface area (Å²) in [5.74, 6) is 0.621. The van der Waals surface area contributed by atoms with Gasteiger partial charge in [0.2, 0.25) is 0 Å². The van der Waals surface area contributed by atoms with Crippen LogP contribution in [-0.2, 0) is 6.42 Å². The molecule has 0 aliphatic heterocycles. The van der Waals surface area contributed by atoms with Crippen molar-refractivity contribution in [3.63, 3.8) is 0 Å². The van der Waals surface area contributed by atoms with E-state index in [0.29, 0.717) is 11.3 Å². The third kappa shape index (κ3) is 3.82. The minimum absolute atomic E-state index is 0.371. The number of benzene rings is 1. The maximum Gasteiger partial charge on any atom is -0.00173 e. The lowest BCUT2D eigenvalue weighted by Gasteiger charge is -2.31. The van der Waals surface area contributed by atoms with Gasteiger partial charge in [-0.3, -0.25) is 0 Å². The Labute approximate surface area is 118 Å². The maximum absolute atomic E-state index is 6.13. The lowest BCUT2D eigenvalue weighted by Crippen LogP contribution is -2.32. The van der Waals surface area contributed by atoms with Gasteiger partial charge >= 0.3 is 0 Å². The normalized spacial score (nSPS) is 19.4. The highest BCUT2D eigenvalue weighted by molar-refractivity contribution is 5.25. The summed E-state index contributed by atoms with van der Waals surface area (Å²) >= 11 is 0. The number of hydrogen-bond acceptors (Lipinski definition) is 1. The van der Waals surface area contributed by atoms with Crippen molar-refractivity contribution in [1.82, 2.24) is 0 Å². The monoisotopic (exact) mass is 259 g/mol.